The largest absolute Gasteiger partial charge is 2.00 e. The van der Waals surface area contributed by atoms with E-state index in [9.17, 15) is 0 Å². The minimum absolute atomic E-state index is 0. The second kappa shape index (κ2) is 15.0. The van der Waals surface area contributed by atoms with E-state index >= 15 is 0 Å². The van der Waals surface area contributed by atoms with Crippen LogP contribution in [-0.4, -0.2) is 9.97 Å². The number of hydrogen-bond donors (Lipinski definition) is 0. The van der Waals surface area contributed by atoms with Crippen molar-refractivity contribution in [1.82, 2.24) is 9.97 Å². The fraction of sp³-hybridized carbons (Fsp3) is 0.148. The number of nitrogens with zero attached hydrogens (tertiary/aromatic N) is 2. The zero-order chi connectivity index (χ0) is 38.6. The second-order valence-electron chi connectivity index (χ2n) is 15.8. The van der Waals surface area contributed by atoms with Gasteiger partial charge in [-0.3, -0.25) is 9.97 Å². The van der Waals surface area contributed by atoms with Gasteiger partial charge in [-0.2, -0.15) is 0 Å². The first-order chi connectivity index (χ1) is 27.2. The molecule has 9 rings (SSSR count). The fourth-order valence-electron chi connectivity index (χ4n) is 9.35. The molecule has 1 aliphatic rings. The number of aryl methyl sites for hydroxylation is 4. The molecule has 2 aromatic heterocycles. The Balaban J connectivity index is 0.00000455. The van der Waals surface area contributed by atoms with Crippen LogP contribution in [0.5, 0.6) is 0 Å². The van der Waals surface area contributed by atoms with Crippen LogP contribution in [-0.2, 0) is 31.9 Å². The molecule has 2 nitrogen and oxygen atoms in total. The monoisotopic (exact) mass is 915 g/mol. The quantitative estimate of drug-likeness (QED) is 0.155. The summed E-state index contributed by atoms with van der Waals surface area (Å²) in [6.45, 7) is 13.4. The Morgan fingerprint density at radius 3 is 1.19 bits per heavy atom. The molecule has 2 heterocycles. The van der Waals surface area contributed by atoms with Crippen LogP contribution in [0.15, 0.2) is 158 Å². The van der Waals surface area contributed by atoms with E-state index in [1.807, 2.05) is 12.1 Å². The van der Waals surface area contributed by atoms with E-state index < -0.39 is 5.41 Å². The van der Waals surface area contributed by atoms with Gasteiger partial charge in [-0.15, -0.1) is 70.8 Å². The van der Waals surface area contributed by atoms with Gasteiger partial charge >= 0.3 is 21.1 Å². The van der Waals surface area contributed by atoms with Gasteiger partial charge in [0.1, 0.15) is 5.41 Å². The van der Waals surface area contributed by atoms with Gasteiger partial charge in [0.2, 0.25) is 0 Å². The number of pyridine rings is 2. The van der Waals surface area contributed by atoms with Gasteiger partial charge in [0.05, 0.1) is 11.4 Å². The minimum atomic E-state index is -0.816. The van der Waals surface area contributed by atoms with Crippen LogP contribution in [0.2, 0.25) is 0 Å². The third kappa shape index (κ3) is 6.32. The summed E-state index contributed by atoms with van der Waals surface area (Å²) in [6.07, 6.45) is 0. The SMILES string of the molecule is Cc1cccc(C)c1-c1cc[c-]c(-c2cccc(C3(c4cccc(-c5[c-]ccc(-c6c(C)cccc6C)c5)n4)c4ccccc4C(C)(C)c4ccccc43)n2)c1.[Pt+2]. The molecule has 0 N–H and O–H groups in total. The van der Waals surface area contributed by atoms with Crippen molar-refractivity contribution in [3.8, 4) is 44.8 Å². The molecule has 0 amide bonds. The molecule has 0 saturated heterocycles. The smallest absolute Gasteiger partial charge is 0.300 e. The summed E-state index contributed by atoms with van der Waals surface area (Å²) in [6, 6.07) is 63.6. The Hall–Kier alpha value is -5.69. The van der Waals surface area contributed by atoms with E-state index in [2.05, 4.69) is 199 Å². The average Bonchev–Trinajstić information content (AvgIpc) is 3.22. The molecule has 57 heavy (non-hydrogen) atoms. The van der Waals surface area contributed by atoms with Crippen molar-refractivity contribution >= 4 is 0 Å². The van der Waals surface area contributed by atoms with Crippen LogP contribution in [0.4, 0.5) is 0 Å². The van der Waals surface area contributed by atoms with Crippen LogP contribution < -0.4 is 0 Å². The Morgan fingerprint density at radius 2 is 0.789 bits per heavy atom. The second-order valence-corrected chi connectivity index (χ2v) is 15.8. The molecule has 0 radical (unpaired) electrons. The topological polar surface area (TPSA) is 25.8 Å². The Kier molecular flexibility index (Phi) is 10.0. The zero-order valence-corrected chi connectivity index (χ0v) is 35.5. The first-order valence-electron chi connectivity index (χ1n) is 19.5. The van der Waals surface area contributed by atoms with Gasteiger partial charge in [0.25, 0.3) is 0 Å². The summed E-state index contributed by atoms with van der Waals surface area (Å²) >= 11 is 0. The molecule has 8 aromatic rings. The third-order valence-electron chi connectivity index (χ3n) is 12.0. The van der Waals surface area contributed by atoms with Crippen LogP contribution in [0.3, 0.4) is 0 Å². The molecular weight excluding hydrogens is 872 g/mol. The van der Waals surface area contributed by atoms with Crippen molar-refractivity contribution < 1.29 is 21.1 Å². The van der Waals surface area contributed by atoms with E-state index in [-0.39, 0.29) is 26.5 Å². The fourth-order valence-corrected chi connectivity index (χ4v) is 9.35. The maximum absolute atomic E-state index is 5.64. The minimum Gasteiger partial charge on any atom is -0.300 e. The Labute approximate surface area is 352 Å². The summed E-state index contributed by atoms with van der Waals surface area (Å²) in [7, 11) is 0. The number of benzene rings is 6. The molecule has 0 fully saturated rings. The molecule has 1 aliphatic carbocycles. The summed E-state index contributed by atoms with van der Waals surface area (Å²) in [5, 5.41) is 0. The van der Waals surface area contributed by atoms with Gasteiger partial charge in [0.15, 0.2) is 0 Å². The molecule has 0 spiro atoms. The first kappa shape index (κ1) is 38.2. The molecule has 0 atom stereocenters. The van der Waals surface area contributed by atoms with Gasteiger partial charge in [-0.05, 0) is 107 Å². The third-order valence-corrected chi connectivity index (χ3v) is 12.0. The molecular formula is C54H44N2Pt. The van der Waals surface area contributed by atoms with Gasteiger partial charge in [-0.25, -0.2) is 0 Å². The maximum Gasteiger partial charge on any atom is 2.00 e. The van der Waals surface area contributed by atoms with Crippen molar-refractivity contribution in [2.24, 2.45) is 0 Å². The molecule has 6 aromatic carbocycles. The van der Waals surface area contributed by atoms with Crippen molar-refractivity contribution in [2.45, 2.75) is 52.4 Å². The molecule has 3 heteroatoms. The van der Waals surface area contributed by atoms with E-state index in [4.69, 9.17) is 9.97 Å². The average molecular weight is 916 g/mol. The molecule has 0 aliphatic heterocycles. The van der Waals surface area contributed by atoms with E-state index in [0.29, 0.717) is 0 Å². The molecule has 0 saturated carbocycles. The van der Waals surface area contributed by atoms with Gasteiger partial charge < -0.3 is 0 Å². The van der Waals surface area contributed by atoms with Crippen LogP contribution in [0.25, 0.3) is 44.8 Å². The number of rotatable bonds is 6. The predicted molar refractivity (Wildman–Crippen MR) is 231 cm³/mol. The van der Waals surface area contributed by atoms with Gasteiger partial charge in [-0.1, -0.05) is 123 Å². The van der Waals surface area contributed by atoms with Crippen molar-refractivity contribution in [2.75, 3.05) is 0 Å². The van der Waals surface area contributed by atoms with Crippen molar-refractivity contribution in [1.29, 1.82) is 0 Å². The Morgan fingerprint density at radius 1 is 0.421 bits per heavy atom. The number of fused-ring (bicyclic) bond motifs is 2. The first-order valence-corrected chi connectivity index (χ1v) is 19.5. The van der Waals surface area contributed by atoms with Crippen LogP contribution in [0.1, 0.15) is 69.7 Å². The van der Waals surface area contributed by atoms with E-state index in [1.165, 1.54) is 66.8 Å². The molecule has 0 bridgehead atoms. The standard InChI is InChI=1S/C54H44N2.Pt/c1-35-17-11-18-36(2)51(35)41-23-13-21-39(33-41)47-29-15-31-49(55-47)54(45-27-9-7-25-43(45)53(5,6)44-26-8-10-28-46(44)54)50-32-16-30-48(56-50)40-22-14-24-42(34-40)52-37(3)19-12-20-38(52)4;/h7-20,23-34H,1-6H3;/q-2;+2. The summed E-state index contributed by atoms with van der Waals surface area (Å²) < 4.78 is 0. The maximum atomic E-state index is 5.64. The van der Waals surface area contributed by atoms with Crippen LogP contribution in [0, 0.1) is 39.8 Å². The van der Waals surface area contributed by atoms with E-state index in [1.54, 1.807) is 0 Å². The zero-order valence-electron chi connectivity index (χ0n) is 33.2. The molecule has 0 unspecified atom stereocenters. The number of hydrogen-bond acceptors (Lipinski definition) is 2. The van der Waals surface area contributed by atoms with Crippen LogP contribution >= 0.6 is 0 Å². The Bertz CT molecular complexity index is 2560. The normalized spacial score (nSPS) is 13.6. The predicted octanol–water partition coefficient (Wildman–Crippen LogP) is 13.0. The number of aromatic nitrogens is 2. The summed E-state index contributed by atoms with van der Waals surface area (Å²) in [5.74, 6) is 0. The van der Waals surface area contributed by atoms with E-state index in [0.717, 1.165) is 33.9 Å². The van der Waals surface area contributed by atoms with Crippen molar-refractivity contribution in [3.63, 3.8) is 0 Å². The summed E-state index contributed by atoms with van der Waals surface area (Å²) in [4.78, 5) is 11.3. The molecule has 280 valence electrons. The van der Waals surface area contributed by atoms with Crippen molar-refractivity contribution in [3.05, 3.63) is 226 Å². The summed E-state index contributed by atoms with van der Waals surface area (Å²) in [5.41, 5.74) is 19.2. The van der Waals surface area contributed by atoms with Gasteiger partial charge in [0, 0.05) is 5.41 Å².